The van der Waals surface area contributed by atoms with Crippen LogP contribution < -0.4 is 0 Å². The van der Waals surface area contributed by atoms with Crippen LogP contribution in [0.15, 0.2) is 36.4 Å². The predicted octanol–water partition coefficient (Wildman–Crippen LogP) is 2.78. The van der Waals surface area contributed by atoms with E-state index >= 15 is 0 Å². The molecule has 0 aliphatic carbocycles. The normalized spacial score (nSPS) is 10.5. The molecule has 0 bridgehead atoms. The smallest absolute Gasteiger partial charge is 0.307 e. The topological polar surface area (TPSA) is 37.3 Å². The minimum Gasteiger partial charge on any atom is -0.481 e. The average Bonchev–Trinajstić information content (AvgIpc) is 2.17. The van der Waals surface area contributed by atoms with Gasteiger partial charge in [-0.1, -0.05) is 42.0 Å². The molecule has 0 atom stereocenters. The van der Waals surface area contributed by atoms with Crippen LogP contribution in [0.3, 0.4) is 0 Å². The van der Waals surface area contributed by atoms with Gasteiger partial charge in [-0.25, -0.2) is 0 Å². The Kier molecular flexibility index (Phi) is 2.42. The van der Waals surface area contributed by atoms with E-state index in [4.69, 9.17) is 5.11 Å². The van der Waals surface area contributed by atoms with E-state index in [1.807, 2.05) is 37.3 Å². The van der Waals surface area contributed by atoms with Crippen LogP contribution in [0.4, 0.5) is 0 Å². The van der Waals surface area contributed by atoms with E-state index in [0.29, 0.717) is 0 Å². The highest BCUT2D eigenvalue weighted by molar-refractivity contribution is 5.84. The van der Waals surface area contributed by atoms with E-state index in [2.05, 4.69) is 6.07 Å². The fraction of sp³-hybridized carbons (Fsp3) is 0.154. The van der Waals surface area contributed by atoms with Crippen molar-refractivity contribution in [2.24, 2.45) is 0 Å². The van der Waals surface area contributed by atoms with Gasteiger partial charge in [0.25, 0.3) is 0 Å². The Balaban J connectivity index is 2.47. The first-order valence-electron chi connectivity index (χ1n) is 4.86. The lowest BCUT2D eigenvalue weighted by Crippen LogP contribution is -1.99. The van der Waals surface area contributed by atoms with Gasteiger partial charge in [0.15, 0.2) is 0 Å². The number of rotatable bonds is 2. The molecule has 2 aromatic carbocycles. The summed E-state index contributed by atoms with van der Waals surface area (Å²) >= 11 is 0. The summed E-state index contributed by atoms with van der Waals surface area (Å²) in [7, 11) is 0. The molecule has 0 amide bonds. The Bertz CT molecular complexity index is 515. The number of carboxylic acid groups (broad SMARTS) is 1. The number of carboxylic acids is 1. The molecule has 2 heteroatoms. The Morgan fingerprint density at radius 1 is 1.13 bits per heavy atom. The van der Waals surface area contributed by atoms with Crippen molar-refractivity contribution in [3.05, 3.63) is 47.5 Å². The Morgan fingerprint density at radius 3 is 2.53 bits per heavy atom. The summed E-state index contributed by atoms with van der Waals surface area (Å²) in [5, 5.41) is 10.9. The lowest BCUT2D eigenvalue weighted by molar-refractivity contribution is -0.136. The van der Waals surface area contributed by atoms with Crippen LogP contribution >= 0.6 is 0 Å². The molecular formula is C13H12O2. The molecule has 0 spiro atoms. The van der Waals surface area contributed by atoms with Crippen LogP contribution in [0, 0.1) is 6.92 Å². The van der Waals surface area contributed by atoms with Crippen molar-refractivity contribution in [2.45, 2.75) is 13.3 Å². The third kappa shape index (κ3) is 2.15. The van der Waals surface area contributed by atoms with Gasteiger partial charge >= 0.3 is 5.97 Å². The molecule has 0 aromatic heterocycles. The molecule has 0 heterocycles. The molecule has 76 valence electrons. The van der Waals surface area contributed by atoms with Crippen molar-refractivity contribution in [1.82, 2.24) is 0 Å². The van der Waals surface area contributed by atoms with E-state index in [0.717, 1.165) is 16.3 Å². The summed E-state index contributed by atoms with van der Waals surface area (Å²) in [5.74, 6) is -0.790. The number of hydrogen-bond donors (Lipinski definition) is 1. The molecule has 0 radical (unpaired) electrons. The van der Waals surface area contributed by atoms with Gasteiger partial charge in [0, 0.05) is 0 Å². The van der Waals surface area contributed by atoms with Gasteiger partial charge in [0.1, 0.15) is 0 Å². The van der Waals surface area contributed by atoms with Crippen molar-refractivity contribution in [1.29, 1.82) is 0 Å². The number of hydrogen-bond acceptors (Lipinski definition) is 1. The quantitative estimate of drug-likeness (QED) is 0.809. The molecule has 2 nitrogen and oxygen atoms in total. The highest BCUT2D eigenvalue weighted by atomic mass is 16.4. The second kappa shape index (κ2) is 3.73. The Morgan fingerprint density at radius 2 is 1.80 bits per heavy atom. The fourth-order valence-electron chi connectivity index (χ4n) is 1.70. The standard InChI is InChI=1S/C13H12O2/c1-9-2-4-12-7-10(8-13(14)15)3-5-11(12)6-9/h2-7H,8H2,1H3,(H,14,15). The van der Waals surface area contributed by atoms with Crippen LogP contribution in [0.5, 0.6) is 0 Å². The second-order valence-electron chi connectivity index (χ2n) is 3.76. The SMILES string of the molecule is Cc1ccc2cc(CC(=O)O)ccc2c1. The van der Waals surface area contributed by atoms with Crippen LogP contribution in [0.2, 0.25) is 0 Å². The zero-order valence-electron chi connectivity index (χ0n) is 8.53. The number of fused-ring (bicyclic) bond motifs is 1. The van der Waals surface area contributed by atoms with Gasteiger partial charge in [-0.3, -0.25) is 4.79 Å². The summed E-state index contributed by atoms with van der Waals surface area (Å²) in [5.41, 5.74) is 2.06. The van der Waals surface area contributed by atoms with Crippen molar-refractivity contribution in [2.75, 3.05) is 0 Å². The van der Waals surface area contributed by atoms with E-state index in [1.165, 1.54) is 5.56 Å². The lowest BCUT2D eigenvalue weighted by atomic mass is 10.0. The van der Waals surface area contributed by atoms with E-state index in [9.17, 15) is 4.79 Å². The van der Waals surface area contributed by atoms with Gasteiger partial charge in [-0.2, -0.15) is 0 Å². The maximum absolute atomic E-state index is 10.6. The minimum absolute atomic E-state index is 0.0871. The van der Waals surface area contributed by atoms with E-state index in [-0.39, 0.29) is 6.42 Å². The average molecular weight is 200 g/mol. The van der Waals surface area contributed by atoms with Gasteiger partial charge in [-0.15, -0.1) is 0 Å². The number of aliphatic carboxylic acids is 1. The molecule has 0 aliphatic heterocycles. The third-order valence-corrected chi connectivity index (χ3v) is 2.42. The molecule has 2 aromatic rings. The highest BCUT2D eigenvalue weighted by Gasteiger charge is 2.01. The summed E-state index contributed by atoms with van der Waals surface area (Å²) in [6.07, 6.45) is 0.0871. The van der Waals surface area contributed by atoms with Crippen molar-refractivity contribution in [3.63, 3.8) is 0 Å². The third-order valence-electron chi connectivity index (χ3n) is 2.42. The van der Waals surface area contributed by atoms with E-state index < -0.39 is 5.97 Å². The van der Waals surface area contributed by atoms with Gasteiger partial charge in [0.05, 0.1) is 6.42 Å². The minimum atomic E-state index is -0.790. The molecule has 0 unspecified atom stereocenters. The fourth-order valence-corrected chi connectivity index (χ4v) is 1.70. The van der Waals surface area contributed by atoms with Crippen LogP contribution in [-0.2, 0) is 11.2 Å². The summed E-state index contributed by atoms with van der Waals surface area (Å²) < 4.78 is 0. The largest absolute Gasteiger partial charge is 0.481 e. The first kappa shape index (κ1) is 9.71. The highest BCUT2D eigenvalue weighted by Crippen LogP contribution is 2.17. The van der Waals surface area contributed by atoms with Gasteiger partial charge in [-0.05, 0) is 23.3 Å². The van der Waals surface area contributed by atoms with Crippen LogP contribution in [0.1, 0.15) is 11.1 Å². The zero-order chi connectivity index (χ0) is 10.8. The molecule has 0 aliphatic rings. The number of benzene rings is 2. The molecule has 0 fully saturated rings. The second-order valence-corrected chi connectivity index (χ2v) is 3.76. The van der Waals surface area contributed by atoms with Gasteiger partial charge in [0.2, 0.25) is 0 Å². The first-order chi connectivity index (χ1) is 7.15. The molecule has 0 saturated heterocycles. The summed E-state index contributed by atoms with van der Waals surface area (Å²) in [6, 6.07) is 11.9. The maximum Gasteiger partial charge on any atom is 0.307 e. The molecular weight excluding hydrogens is 188 g/mol. The van der Waals surface area contributed by atoms with Crippen LogP contribution in [-0.4, -0.2) is 11.1 Å². The first-order valence-corrected chi connectivity index (χ1v) is 4.86. The van der Waals surface area contributed by atoms with Crippen molar-refractivity contribution in [3.8, 4) is 0 Å². The van der Waals surface area contributed by atoms with Gasteiger partial charge < -0.3 is 5.11 Å². The van der Waals surface area contributed by atoms with Crippen molar-refractivity contribution >= 4 is 16.7 Å². The van der Waals surface area contributed by atoms with Crippen molar-refractivity contribution < 1.29 is 9.90 Å². The summed E-state index contributed by atoms with van der Waals surface area (Å²) in [4.78, 5) is 10.6. The van der Waals surface area contributed by atoms with E-state index in [1.54, 1.807) is 0 Å². The predicted molar refractivity (Wildman–Crippen MR) is 60.0 cm³/mol. The Labute approximate surface area is 88.2 Å². The molecule has 1 N–H and O–H groups in total. The summed E-state index contributed by atoms with van der Waals surface area (Å²) in [6.45, 7) is 2.05. The maximum atomic E-state index is 10.6. The lowest BCUT2D eigenvalue weighted by Gasteiger charge is -2.02. The monoisotopic (exact) mass is 200 g/mol. The zero-order valence-corrected chi connectivity index (χ0v) is 8.53. The molecule has 15 heavy (non-hydrogen) atoms. The van der Waals surface area contributed by atoms with Crippen LogP contribution in [0.25, 0.3) is 10.8 Å². The Hall–Kier alpha value is -1.83. The number of aryl methyl sites for hydroxylation is 1. The number of carbonyl (C=O) groups is 1. The molecule has 0 saturated carbocycles. The molecule has 2 rings (SSSR count).